The minimum absolute atomic E-state index is 0.0641. The molecule has 1 aliphatic rings. The molecule has 1 saturated heterocycles. The van der Waals surface area contributed by atoms with Gasteiger partial charge in [-0.05, 0) is 60.7 Å². The van der Waals surface area contributed by atoms with E-state index in [1.807, 2.05) is 0 Å². The molecule has 0 saturated carbocycles. The number of hydrogen-bond acceptors (Lipinski definition) is 7. The Morgan fingerprint density at radius 1 is 1.09 bits per heavy atom. The molecule has 3 aromatic rings. The molecule has 2 aromatic carbocycles. The van der Waals surface area contributed by atoms with E-state index in [0.717, 1.165) is 6.42 Å². The monoisotopic (exact) mass is 470 g/mol. The molecule has 1 aliphatic heterocycles. The molecule has 174 valence electrons. The molecule has 1 aromatic heterocycles. The number of piperidine rings is 1. The second-order valence-corrected chi connectivity index (χ2v) is 10.3. The zero-order valence-electron chi connectivity index (χ0n) is 18.7. The van der Waals surface area contributed by atoms with Crippen LogP contribution in [0.15, 0.2) is 57.8 Å². The third-order valence-electron chi connectivity index (χ3n) is 5.55. The number of rotatable bonds is 6. The van der Waals surface area contributed by atoms with Gasteiger partial charge in [-0.15, -0.1) is 5.10 Å². The zero-order valence-corrected chi connectivity index (χ0v) is 19.5. The number of sulfonamides is 1. The van der Waals surface area contributed by atoms with Gasteiger partial charge in [0.15, 0.2) is 0 Å². The summed E-state index contributed by atoms with van der Waals surface area (Å²) in [5, 5.41) is 10.3. The van der Waals surface area contributed by atoms with Crippen LogP contribution in [0.4, 0.5) is 6.01 Å². The number of hydrogen-bond donors (Lipinski definition) is 1. The van der Waals surface area contributed by atoms with Crippen LogP contribution in [-0.2, 0) is 10.0 Å². The fraction of sp³-hybridized carbons (Fsp3) is 0.348. The van der Waals surface area contributed by atoms with E-state index >= 15 is 0 Å². The number of carbonyl (C=O) groups excluding carboxylic acids is 1. The molecule has 0 unspecified atom stereocenters. The van der Waals surface area contributed by atoms with Gasteiger partial charge in [-0.3, -0.25) is 10.1 Å². The normalized spacial score (nSPS) is 19.2. The van der Waals surface area contributed by atoms with Gasteiger partial charge in [-0.25, -0.2) is 8.42 Å². The molecule has 33 heavy (non-hydrogen) atoms. The SMILES string of the molecule is COc1cccc(-c2nnc(NC(=O)c3ccc(S(=O)(=O)N4C[C@H](C)C[C@@H](C)C4)cc3)o2)c1. The third-order valence-corrected chi connectivity index (χ3v) is 7.40. The lowest BCUT2D eigenvalue weighted by molar-refractivity contribution is 0.102. The molecular weight excluding hydrogens is 444 g/mol. The highest BCUT2D eigenvalue weighted by molar-refractivity contribution is 7.89. The standard InChI is InChI=1S/C23H26N4O5S/c1-15-11-16(2)14-27(13-15)33(29,30)20-9-7-17(8-10-20)21(28)24-23-26-25-22(32-23)18-5-4-6-19(12-18)31-3/h4-10,12,15-16H,11,13-14H2,1-3H3,(H,24,26,28)/t15-,16-/m1/s1. The van der Waals surface area contributed by atoms with E-state index in [2.05, 4.69) is 29.4 Å². The summed E-state index contributed by atoms with van der Waals surface area (Å²) < 4.78 is 38.3. The number of methoxy groups -OCH3 is 1. The first kappa shape index (κ1) is 22.9. The first-order valence-corrected chi connectivity index (χ1v) is 12.1. The van der Waals surface area contributed by atoms with Crippen molar-refractivity contribution in [2.24, 2.45) is 11.8 Å². The van der Waals surface area contributed by atoms with Crippen LogP contribution in [0.5, 0.6) is 5.75 Å². The van der Waals surface area contributed by atoms with E-state index in [1.165, 1.54) is 28.6 Å². The van der Waals surface area contributed by atoms with E-state index in [9.17, 15) is 13.2 Å². The second kappa shape index (κ2) is 9.32. The van der Waals surface area contributed by atoms with E-state index in [0.29, 0.717) is 36.2 Å². The molecule has 9 nitrogen and oxygen atoms in total. The maximum Gasteiger partial charge on any atom is 0.322 e. The Labute approximate surface area is 192 Å². The molecule has 1 amide bonds. The first-order valence-electron chi connectivity index (χ1n) is 10.7. The second-order valence-electron chi connectivity index (χ2n) is 8.39. The average molecular weight is 471 g/mol. The van der Waals surface area contributed by atoms with E-state index < -0.39 is 15.9 Å². The van der Waals surface area contributed by atoms with Crippen molar-refractivity contribution in [3.8, 4) is 17.2 Å². The van der Waals surface area contributed by atoms with Crippen molar-refractivity contribution in [3.05, 3.63) is 54.1 Å². The molecule has 2 atom stereocenters. The number of nitrogens with one attached hydrogen (secondary N) is 1. The number of carbonyl (C=O) groups is 1. The minimum atomic E-state index is -3.61. The number of nitrogens with zero attached hydrogens (tertiary/aromatic N) is 3. The van der Waals surface area contributed by atoms with Crippen LogP contribution < -0.4 is 10.1 Å². The Balaban J connectivity index is 1.45. The first-order chi connectivity index (χ1) is 15.8. The Hall–Kier alpha value is -3.24. The average Bonchev–Trinajstić information content (AvgIpc) is 3.27. The Kier molecular flexibility index (Phi) is 6.48. The van der Waals surface area contributed by atoms with Gasteiger partial charge < -0.3 is 9.15 Å². The number of amides is 1. The Bertz CT molecular complexity index is 1230. The van der Waals surface area contributed by atoms with Crippen molar-refractivity contribution in [1.29, 1.82) is 0 Å². The van der Waals surface area contributed by atoms with Gasteiger partial charge >= 0.3 is 6.01 Å². The predicted molar refractivity (Wildman–Crippen MR) is 122 cm³/mol. The summed E-state index contributed by atoms with van der Waals surface area (Å²) in [5.74, 6) is 1.00. The van der Waals surface area contributed by atoms with E-state index in [1.54, 1.807) is 31.4 Å². The van der Waals surface area contributed by atoms with Gasteiger partial charge in [0.25, 0.3) is 5.91 Å². The molecule has 10 heteroatoms. The van der Waals surface area contributed by atoms with Crippen molar-refractivity contribution >= 4 is 21.9 Å². The molecule has 0 bridgehead atoms. The topological polar surface area (TPSA) is 115 Å². The molecular formula is C23H26N4O5S. The lowest BCUT2D eigenvalue weighted by Gasteiger charge is -2.34. The summed E-state index contributed by atoms with van der Waals surface area (Å²) in [4.78, 5) is 12.8. The highest BCUT2D eigenvalue weighted by atomic mass is 32.2. The highest BCUT2D eigenvalue weighted by Crippen LogP contribution is 2.27. The van der Waals surface area contributed by atoms with Crippen molar-refractivity contribution in [2.75, 3.05) is 25.5 Å². The van der Waals surface area contributed by atoms with Crippen LogP contribution >= 0.6 is 0 Å². The lowest BCUT2D eigenvalue weighted by atomic mass is 9.94. The number of benzene rings is 2. The summed E-state index contributed by atoms with van der Waals surface area (Å²) in [5.41, 5.74) is 0.925. The molecule has 2 heterocycles. The van der Waals surface area contributed by atoms with E-state index in [4.69, 9.17) is 9.15 Å². The van der Waals surface area contributed by atoms with Gasteiger partial charge in [-0.2, -0.15) is 4.31 Å². The van der Waals surface area contributed by atoms with Crippen LogP contribution in [0, 0.1) is 11.8 Å². The molecule has 1 N–H and O–H groups in total. The maximum absolute atomic E-state index is 13.0. The number of ether oxygens (including phenoxy) is 1. The highest BCUT2D eigenvalue weighted by Gasteiger charge is 2.31. The quantitative estimate of drug-likeness (QED) is 0.585. The van der Waals surface area contributed by atoms with E-state index in [-0.39, 0.29) is 22.4 Å². The fourth-order valence-corrected chi connectivity index (χ4v) is 5.72. The predicted octanol–water partition coefficient (Wildman–Crippen LogP) is 3.66. The van der Waals surface area contributed by atoms with Gasteiger partial charge in [0.1, 0.15) is 5.75 Å². The summed E-state index contributed by atoms with van der Waals surface area (Å²) >= 11 is 0. The van der Waals surface area contributed by atoms with Crippen molar-refractivity contribution in [1.82, 2.24) is 14.5 Å². The van der Waals surface area contributed by atoms with Crippen LogP contribution in [0.3, 0.4) is 0 Å². The van der Waals surface area contributed by atoms with Crippen molar-refractivity contribution < 1.29 is 22.4 Å². The maximum atomic E-state index is 13.0. The van der Waals surface area contributed by atoms with Gasteiger partial charge in [-0.1, -0.05) is 25.0 Å². The molecule has 4 rings (SSSR count). The smallest absolute Gasteiger partial charge is 0.322 e. The molecule has 1 fully saturated rings. The summed E-state index contributed by atoms with van der Waals surface area (Å²) in [6.45, 7) is 5.12. The summed E-state index contributed by atoms with van der Waals surface area (Å²) in [6.07, 6.45) is 1.01. The fourth-order valence-electron chi connectivity index (χ4n) is 4.05. The summed E-state index contributed by atoms with van der Waals surface area (Å²) in [6, 6.07) is 12.9. The lowest BCUT2D eigenvalue weighted by Crippen LogP contribution is -2.42. The largest absolute Gasteiger partial charge is 0.497 e. The van der Waals surface area contributed by atoms with Crippen LogP contribution in [-0.4, -0.2) is 49.0 Å². The van der Waals surface area contributed by atoms with Crippen molar-refractivity contribution in [3.63, 3.8) is 0 Å². The Morgan fingerprint density at radius 3 is 2.45 bits per heavy atom. The van der Waals surface area contributed by atoms with Gasteiger partial charge in [0.2, 0.25) is 15.9 Å². The molecule has 0 radical (unpaired) electrons. The van der Waals surface area contributed by atoms with Crippen molar-refractivity contribution in [2.45, 2.75) is 25.2 Å². The Morgan fingerprint density at radius 2 is 1.79 bits per heavy atom. The van der Waals surface area contributed by atoms with Crippen LogP contribution in [0.2, 0.25) is 0 Å². The molecule has 0 aliphatic carbocycles. The van der Waals surface area contributed by atoms with Gasteiger partial charge in [0, 0.05) is 24.2 Å². The third kappa shape index (κ3) is 5.07. The molecule has 0 spiro atoms. The van der Waals surface area contributed by atoms with Gasteiger partial charge in [0.05, 0.1) is 12.0 Å². The van der Waals surface area contributed by atoms with Crippen LogP contribution in [0.25, 0.3) is 11.5 Å². The number of aromatic nitrogens is 2. The van der Waals surface area contributed by atoms with Crippen LogP contribution in [0.1, 0.15) is 30.6 Å². The number of anilines is 1. The minimum Gasteiger partial charge on any atom is -0.497 e. The summed E-state index contributed by atoms with van der Waals surface area (Å²) in [7, 11) is -2.05. The zero-order chi connectivity index (χ0) is 23.6.